The molecule has 0 unspecified atom stereocenters. The summed E-state index contributed by atoms with van der Waals surface area (Å²) in [6.07, 6.45) is 2.84. The molecule has 0 aliphatic carbocycles. The van der Waals surface area contributed by atoms with Gasteiger partial charge in [-0.3, -0.25) is 4.79 Å². The number of carbonyl (C=O) groups excluding carboxylic acids is 2. The normalized spacial score (nSPS) is 10.2. The maximum atomic E-state index is 11.2. The summed E-state index contributed by atoms with van der Waals surface area (Å²) in [5, 5.41) is 2.97. The van der Waals surface area contributed by atoms with Crippen LogP contribution in [0.1, 0.15) is 5.56 Å². The number of hydrogen-bond acceptors (Lipinski definition) is 3. The highest BCUT2D eigenvalue weighted by Gasteiger charge is 2.01. The van der Waals surface area contributed by atoms with Gasteiger partial charge in [0, 0.05) is 18.1 Å². The van der Waals surface area contributed by atoms with Crippen LogP contribution >= 0.6 is 11.6 Å². The maximum absolute atomic E-state index is 11.2. The standard InChI is InChI=1S/C12H12ClNO3/c1-14-11(15)8-17-12(16)7-4-9-2-5-10(13)6-3-9/h2-7H,8H2,1H3,(H,14,15)/b7-4+. The van der Waals surface area contributed by atoms with Gasteiger partial charge in [0.25, 0.3) is 5.91 Å². The molecule has 0 aliphatic rings. The molecule has 4 nitrogen and oxygen atoms in total. The average molecular weight is 254 g/mol. The fourth-order valence-corrected chi connectivity index (χ4v) is 1.12. The van der Waals surface area contributed by atoms with Crippen molar-refractivity contribution in [2.75, 3.05) is 13.7 Å². The van der Waals surface area contributed by atoms with Crippen LogP contribution in [-0.2, 0) is 14.3 Å². The third kappa shape index (κ3) is 5.17. The number of esters is 1. The fourth-order valence-electron chi connectivity index (χ4n) is 0.995. The third-order valence-electron chi connectivity index (χ3n) is 1.91. The Morgan fingerprint density at radius 3 is 2.59 bits per heavy atom. The van der Waals surface area contributed by atoms with Gasteiger partial charge in [0.05, 0.1) is 0 Å². The predicted octanol–water partition coefficient (Wildman–Crippen LogP) is 1.64. The van der Waals surface area contributed by atoms with E-state index in [9.17, 15) is 9.59 Å². The van der Waals surface area contributed by atoms with Crippen molar-refractivity contribution in [1.29, 1.82) is 0 Å². The van der Waals surface area contributed by atoms with E-state index >= 15 is 0 Å². The smallest absolute Gasteiger partial charge is 0.331 e. The number of likely N-dealkylation sites (N-methyl/N-ethyl adjacent to an activating group) is 1. The summed E-state index contributed by atoms with van der Waals surface area (Å²) < 4.78 is 4.68. The van der Waals surface area contributed by atoms with E-state index in [0.29, 0.717) is 5.02 Å². The minimum atomic E-state index is -0.566. The van der Waals surface area contributed by atoms with Crippen molar-refractivity contribution in [3.8, 4) is 0 Å². The van der Waals surface area contributed by atoms with Gasteiger partial charge in [-0.2, -0.15) is 0 Å². The monoisotopic (exact) mass is 253 g/mol. The van der Waals surface area contributed by atoms with Gasteiger partial charge in [0.1, 0.15) is 0 Å². The number of rotatable bonds is 4. The second-order valence-electron chi connectivity index (χ2n) is 3.17. The van der Waals surface area contributed by atoms with Gasteiger partial charge in [-0.1, -0.05) is 23.7 Å². The van der Waals surface area contributed by atoms with Gasteiger partial charge >= 0.3 is 5.97 Å². The van der Waals surface area contributed by atoms with E-state index in [1.807, 2.05) is 0 Å². The van der Waals surface area contributed by atoms with E-state index in [1.165, 1.54) is 13.1 Å². The van der Waals surface area contributed by atoms with Crippen molar-refractivity contribution in [2.45, 2.75) is 0 Å². The summed E-state index contributed by atoms with van der Waals surface area (Å²) in [5.41, 5.74) is 0.825. The molecule has 0 radical (unpaired) electrons. The van der Waals surface area contributed by atoms with E-state index in [1.54, 1.807) is 30.3 Å². The van der Waals surface area contributed by atoms with Gasteiger partial charge in [-0.15, -0.1) is 0 Å². The highest BCUT2D eigenvalue weighted by molar-refractivity contribution is 6.30. The molecule has 1 amide bonds. The van der Waals surface area contributed by atoms with Crippen LogP contribution in [0.5, 0.6) is 0 Å². The van der Waals surface area contributed by atoms with E-state index < -0.39 is 5.97 Å². The van der Waals surface area contributed by atoms with Crippen LogP contribution in [0.2, 0.25) is 5.02 Å². The average Bonchev–Trinajstić information content (AvgIpc) is 2.35. The second kappa shape index (κ2) is 6.70. The molecule has 0 saturated carbocycles. The Kier molecular flexibility index (Phi) is 5.23. The Balaban J connectivity index is 2.45. The summed E-state index contributed by atoms with van der Waals surface area (Å²) in [5.74, 6) is -0.915. The predicted molar refractivity (Wildman–Crippen MR) is 65.5 cm³/mol. The fraction of sp³-hybridized carbons (Fsp3) is 0.167. The summed E-state index contributed by atoms with van der Waals surface area (Å²) in [4.78, 5) is 22.0. The molecule has 90 valence electrons. The summed E-state index contributed by atoms with van der Waals surface area (Å²) in [7, 11) is 1.47. The number of amides is 1. The molecule has 17 heavy (non-hydrogen) atoms. The number of halogens is 1. The first-order valence-electron chi connectivity index (χ1n) is 4.93. The molecular weight excluding hydrogens is 242 g/mol. The number of benzene rings is 1. The van der Waals surface area contributed by atoms with Crippen LogP contribution in [0, 0.1) is 0 Å². The molecular formula is C12H12ClNO3. The molecule has 1 aromatic carbocycles. The first-order valence-corrected chi connectivity index (χ1v) is 5.30. The molecule has 0 aromatic heterocycles. The Hall–Kier alpha value is -1.81. The van der Waals surface area contributed by atoms with Gasteiger partial charge in [-0.05, 0) is 23.8 Å². The first kappa shape index (κ1) is 13.3. The molecule has 1 aromatic rings. The molecule has 1 rings (SSSR count). The van der Waals surface area contributed by atoms with Crippen LogP contribution in [-0.4, -0.2) is 25.5 Å². The van der Waals surface area contributed by atoms with Crippen molar-refractivity contribution in [3.63, 3.8) is 0 Å². The Morgan fingerprint density at radius 2 is 2.00 bits per heavy atom. The highest BCUT2D eigenvalue weighted by atomic mass is 35.5. The van der Waals surface area contributed by atoms with Crippen molar-refractivity contribution in [1.82, 2.24) is 5.32 Å². The summed E-state index contributed by atoms with van der Waals surface area (Å²) in [6.45, 7) is -0.277. The minimum absolute atomic E-state index is 0.277. The lowest BCUT2D eigenvalue weighted by Crippen LogP contribution is -2.24. The number of ether oxygens (including phenoxy) is 1. The summed E-state index contributed by atoms with van der Waals surface area (Å²) >= 11 is 5.71. The van der Waals surface area contributed by atoms with Crippen LogP contribution in [0.3, 0.4) is 0 Å². The van der Waals surface area contributed by atoms with E-state index in [4.69, 9.17) is 11.6 Å². The van der Waals surface area contributed by atoms with Crippen molar-refractivity contribution in [3.05, 3.63) is 40.9 Å². The third-order valence-corrected chi connectivity index (χ3v) is 2.16. The largest absolute Gasteiger partial charge is 0.452 e. The summed E-state index contributed by atoms with van der Waals surface area (Å²) in [6, 6.07) is 6.98. The van der Waals surface area contributed by atoms with Gasteiger partial charge in [0.2, 0.25) is 0 Å². The van der Waals surface area contributed by atoms with E-state index in [0.717, 1.165) is 5.56 Å². The molecule has 0 aliphatic heterocycles. The zero-order valence-electron chi connectivity index (χ0n) is 9.27. The molecule has 0 atom stereocenters. The molecule has 0 heterocycles. The van der Waals surface area contributed by atoms with Gasteiger partial charge in [0.15, 0.2) is 6.61 Å². The van der Waals surface area contributed by atoms with Gasteiger partial charge < -0.3 is 10.1 Å². The van der Waals surface area contributed by atoms with E-state index in [2.05, 4.69) is 10.1 Å². The quantitative estimate of drug-likeness (QED) is 0.656. The Labute approximate surface area is 104 Å². The second-order valence-corrected chi connectivity index (χ2v) is 3.60. The lowest BCUT2D eigenvalue weighted by atomic mass is 10.2. The van der Waals surface area contributed by atoms with E-state index in [-0.39, 0.29) is 12.5 Å². The molecule has 5 heteroatoms. The number of carbonyl (C=O) groups is 2. The molecule has 1 N–H and O–H groups in total. The molecule has 0 bridgehead atoms. The van der Waals surface area contributed by atoms with Crippen LogP contribution in [0.4, 0.5) is 0 Å². The molecule has 0 spiro atoms. The van der Waals surface area contributed by atoms with Crippen molar-refractivity contribution in [2.24, 2.45) is 0 Å². The topological polar surface area (TPSA) is 55.4 Å². The molecule has 0 fully saturated rings. The van der Waals surface area contributed by atoms with Gasteiger partial charge in [-0.25, -0.2) is 4.79 Å². The zero-order chi connectivity index (χ0) is 12.7. The Morgan fingerprint density at radius 1 is 1.35 bits per heavy atom. The van der Waals surface area contributed by atoms with Crippen LogP contribution in [0.25, 0.3) is 6.08 Å². The number of nitrogens with one attached hydrogen (secondary N) is 1. The lowest BCUT2D eigenvalue weighted by molar-refractivity contribution is -0.143. The zero-order valence-corrected chi connectivity index (χ0v) is 10.0. The van der Waals surface area contributed by atoms with Crippen molar-refractivity contribution < 1.29 is 14.3 Å². The highest BCUT2D eigenvalue weighted by Crippen LogP contribution is 2.10. The van der Waals surface area contributed by atoms with Crippen LogP contribution in [0.15, 0.2) is 30.3 Å². The SMILES string of the molecule is CNC(=O)COC(=O)/C=C/c1ccc(Cl)cc1. The maximum Gasteiger partial charge on any atom is 0.331 e. The number of hydrogen-bond donors (Lipinski definition) is 1. The van der Waals surface area contributed by atoms with Crippen LogP contribution < -0.4 is 5.32 Å². The Bertz CT molecular complexity index is 426. The lowest BCUT2D eigenvalue weighted by Gasteiger charge is -1.99. The first-order chi connectivity index (χ1) is 8.11. The minimum Gasteiger partial charge on any atom is -0.452 e. The molecule has 0 saturated heterocycles. The van der Waals surface area contributed by atoms with Crippen molar-refractivity contribution >= 4 is 29.6 Å².